The van der Waals surface area contributed by atoms with Crippen molar-refractivity contribution in [2.45, 2.75) is 77.2 Å². The van der Waals surface area contributed by atoms with E-state index in [9.17, 15) is 5.11 Å². The second-order valence-electron chi connectivity index (χ2n) is 7.47. The Morgan fingerprint density at radius 2 is 1.62 bits per heavy atom. The van der Waals surface area contributed by atoms with Crippen molar-refractivity contribution in [1.82, 2.24) is 0 Å². The molecular weight excluding hydrogens is 256 g/mol. The van der Waals surface area contributed by atoms with Crippen LogP contribution in [-0.2, 0) is 5.60 Å². The molecule has 0 bridgehead atoms. The highest BCUT2D eigenvalue weighted by Gasteiger charge is 2.44. The summed E-state index contributed by atoms with van der Waals surface area (Å²) >= 11 is 0. The van der Waals surface area contributed by atoms with Gasteiger partial charge in [0.2, 0.25) is 0 Å². The Hall–Kier alpha value is -0.820. The summed E-state index contributed by atoms with van der Waals surface area (Å²) < 4.78 is 0. The van der Waals surface area contributed by atoms with Crippen LogP contribution in [0.3, 0.4) is 0 Å². The molecular formula is C20H30O. The van der Waals surface area contributed by atoms with Gasteiger partial charge in [-0.3, -0.25) is 0 Å². The molecule has 2 fully saturated rings. The van der Waals surface area contributed by atoms with Crippen molar-refractivity contribution in [2.75, 3.05) is 0 Å². The van der Waals surface area contributed by atoms with Crippen LogP contribution in [0.1, 0.15) is 74.5 Å². The molecule has 21 heavy (non-hydrogen) atoms. The molecule has 1 nitrogen and oxygen atoms in total. The molecule has 2 saturated carbocycles. The van der Waals surface area contributed by atoms with Crippen molar-refractivity contribution in [1.29, 1.82) is 0 Å². The second kappa shape index (κ2) is 6.12. The quantitative estimate of drug-likeness (QED) is 0.786. The van der Waals surface area contributed by atoms with E-state index in [1.165, 1.54) is 68.1 Å². The van der Waals surface area contributed by atoms with E-state index in [2.05, 4.69) is 32.0 Å². The maximum Gasteiger partial charge on any atom is 0.0927 e. The smallest absolute Gasteiger partial charge is 0.0927 e. The Kier molecular flexibility index (Phi) is 4.40. The zero-order valence-corrected chi connectivity index (χ0v) is 13.7. The first-order valence-corrected chi connectivity index (χ1v) is 8.91. The molecule has 1 N–H and O–H groups in total. The van der Waals surface area contributed by atoms with Crippen molar-refractivity contribution >= 4 is 0 Å². The maximum absolute atomic E-state index is 11.6. The number of aryl methyl sites for hydroxylation is 2. The van der Waals surface area contributed by atoms with Crippen molar-refractivity contribution in [3.63, 3.8) is 0 Å². The average Bonchev–Trinajstić information content (AvgIpc) is 2.51. The van der Waals surface area contributed by atoms with Crippen molar-refractivity contribution in [3.8, 4) is 0 Å². The molecule has 0 amide bonds. The highest BCUT2D eigenvalue weighted by atomic mass is 16.3. The molecule has 2 atom stereocenters. The van der Waals surface area contributed by atoms with Gasteiger partial charge in [0, 0.05) is 0 Å². The zero-order valence-electron chi connectivity index (χ0n) is 13.7. The summed E-state index contributed by atoms with van der Waals surface area (Å²) in [6.07, 6.45) is 11.4. The van der Waals surface area contributed by atoms with Gasteiger partial charge in [-0.25, -0.2) is 0 Å². The van der Waals surface area contributed by atoms with Crippen molar-refractivity contribution in [2.24, 2.45) is 11.8 Å². The van der Waals surface area contributed by atoms with Gasteiger partial charge in [0.05, 0.1) is 5.60 Å². The molecule has 1 aromatic carbocycles. The van der Waals surface area contributed by atoms with E-state index in [0.29, 0.717) is 5.92 Å². The van der Waals surface area contributed by atoms with Crippen LogP contribution in [0.25, 0.3) is 0 Å². The molecule has 3 rings (SSSR count). The lowest BCUT2D eigenvalue weighted by Gasteiger charge is -2.46. The molecule has 2 aliphatic carbocycles. The van der Waals surface area contributed by atoms with E-state index in [1.807, 2.05) is 0 Å². The summed E-state index contributed by atoms with van der Waals surface area (Å²) in [5.74, 6) is 1.22. The average molecular weight is 286 g/mol. The normalized spacial score (nSPS) is 31.3. The third kappa shape index (κ3) is 2.90. The number of rotatable bonds is 2. The third-order valence-corrected chi connectivity index (χ3v) is 6.16. The minimum atomic E-state index is -0.571. The molecule has 2 aliphatic rings. The fraction of sp³-hybridized carbons (Fsp3) is 0.700. The van der Waals surface area contributed by atoms with E-state index in [4.69, 9.17) is 0 Å². The van der Waals surface area contributed by atoms with Gasteiger partial charge in [-0.05, 0) is 55.2 Å². The van der Waals surface area contributed by atoms with Gasteiger partial charge >= 0.3 is 0 Å². The largest absolute Gasteiger partial charge is 0.385 e. The molecule has 1 heteroatoms. The van der Waals surface area contributed by atoms with E-state index in [0.717, 1.165) is 12.3 Å². The molecule has 0 spiro atoms. The van der Waals surface area contributed by atoms with Crippen LogP contribution in [-0.4, -0.2) is 5.11 Å². The molecule has 0 radical (unpaired) electrons. The fourth-order valence-electron chi connectivity index (χ4n) is 4.71. The van der Waals surface area contributed by atoms with Crippen LogP contribution in [0.5, 0.6) is 0 Å². The second-order valence-corrected chi connectivity index (χ2v) is 7.47. The maximum atomic E-state index is 11.6. The first-order valence-electron chi connectivity index (χ1n) is 8.91. The third-order valence-electron chi connectivity index (χ3n) is 6.16. The van der Waals surface area contributed by atoms with Gasteiger partial charge in [-0.15, -0.1) is 0 Å². The minimum absolute atomic E-state index is 0.480. The number of aliphatic hydroxyl groups is 1. The minimum Gasteiger partial charge on any atom is -0.385 e. The van der Waals surface area contributed by atoms with E-state index in [-0.39, 0.29) is 0 Å². The van der Waals surface area contributed by atoms with Gasteiger partial charge in [0.15, 0.2) is 0 Å². The Morgan fingerprint density at radius 3 is 2.33 bits per heavy atom. The Labute approximate surface area is 129 Å². The van der Waals surface area contributed by atoms with Gasteiger partial charge in [0.25, 0.3) is 0 Å². The molecule has 0 heterocycles. The number of hydrogen-bond donors (Lipinski definition) is 1. The summed E-state index contributed by atoms with van der Waals surface area (Å²) in [6, 6.07) is 6.62. The summed E-state index contributed by atoms with van der Waals surface area (Å²) in [4.78, 5) is 0. The first-order chi connectivity index (χ1) is 10.1. The number of benzene rings is 1. The van der Waals surface area contributed by atoms with E-state index >= 15 is 0 Å². The van der Waals surface area contributed by atoms with Gasteiger partial charge in [-0.1, -0.05) is 63.1 Å². The van der Waals surface area contributed by atoms with Gasteiger partial charge in [-0.2, -0.15) is 0 Å². The standard InChI is InChI=1S/C20H30O/c1-15-11-12-18(14-16(15)2)20(21)13-7-6-10-19(20)17-8-4-3-5-9-17/h11-12,14,17,19,21H,3-10,13H2,1-2H3. The Balaban J connectivity index is 1.91. The highest BCUT2D eigenvalue weighted by molar-refractivity contribution is 5.34. The molecule has 0 aliphatic heterocycles. The van der Waals surface area contributed by atoms with E-state index < -0.39 is 5.60 Å². The monoisotopic (exact) mass is 286 g/mol. The van der Waals surface area contributed by atoms with Crippen molar-refractivity contribution in [3.05, 3.63) is 34.9 Å². The lowest BCUT2D eigenvalue weighted by Crippen LogP contribution is -2.42. The highest BCUT2D eigenvalue weighted by Crippen LogP contribution is 2.49. The summed E-state index contributed by atoms with van der Waals surface area (Å²) in [5.41, 5.74) is 3.25. The lowest BCUT2D eigenvalue weighted by atomic mass is 9.63. The van der Waals surface area contributed by atoms with Crippen LogP contribution >= 0.6 is 0 Å². The summed E-state index contributed by atoms with van der Waals surface area (Å²) in [7, 11) is 0. The Bertz CT molecular complexity index is 487. The fourth-order valence-corrected chi connectivity index (χ4v) is 4.71. The molecule has 0 aromatic heterocycles. The molecule has 1 aromatic rings. The number of hydrogen-bond acceptors (Lipinski definition) is 1. The predicted octanol–water partition coefficient (Wildman–Crippen LogP) is 5.26. The zero-order chi connectivity index (χ0) is 14.9. The molecule has 2 unspecified atom stereocenters. The van der Waals surface area contributed by atoms with Crippen LogP contribution in [0, 0.1) is 25.7 Å². The molecule has 0 saturated heterocycles. The predicted molar refractivity (Wildman–Crippen MR) is 88.3 cm³/mol. The summed E-state index contributed by atoms with van der Waals surface area (Å²) in [5, 5.41) is 11.6. The topological polar surface area (TPSA) is 20.2 Å². The van der Waals surface area contributed by atoms with Crippen LogP contribution in [0.4, 0.5) is 0 Å². The SMILES string of the molecule is Cc1ccc(C2(O)CCCCC2C2CCCCC2)cc1C. The van der Waals surface area contributed by atoms with E-state index in [1.54, 1.807) is 0 Å². The van der Waals surface area contributed by atoms with Crippen molar-refractivity contribution < 1.29 is 5.11 Å². The first kappa shape index (κ1) is 15.1. The van der Waals surface area contributed by atoms with Gasteiger partial charge < -0.3 is 5.11 Å². The van der Waals surface area contributed by atoms with Crippen LogP contribution < -0.4 is 0 Å². The lowest BCUT2D eigenvalue weighted by molar-refractivity contribution is -0.0835. The Morgan fingerprint density at radius 1 is 0.905 bits per heavy atom. The van der Waals surface area contributed by atoms with Crippen LogP contribution in [0.2, 0.25) is 0 Å². The molecule has 116 valence electrons. The summed E-state index contributed by atoms with van der Waals surface area (Å²) in [6.45, 7) is 4.32. The van der Waals surface area contributed by atoms with Gasteiger partial charge in [0.1, 0.15) is 0 Å². The van der Waals surface area contributed by atoms with Crippen LogP contribution in [0.15, 0.2) is 18.2 Å².